The number of nitrogens with one attached hydrogen (secondary N) is 1. The molecule has 2 aromatic carbocycles. The summed E-state index contributed by atoms with van der Waals surface area (Å²) in [6.45, 7) is -0.0712. The van der Waals surface area contributed by atoms with Crippen molar-refractivity contribution >= 4 is 16.7 Å². The molecule has 0 atom stereocenters. The van der Waals surface area contributed by atoms with Gasteiger partial charge >= 0.3 is 0 Å². The number of terminal acetylenes is 1. The van der Waals surface area contributed by atoms with Crippen molar-refractivity contribution in [2.45, 2.75) is 13.1 Å². The van der Waals surface area contributed by atoms with Gasteiger partial charge in [0.2, 0.25) is 0 Å². The van der Waals surface area contributed by atoms with E-state index in [0.29, 0.717) is 22.5 Å². The van der Waals surface area contributed by atoms with Crippen LogP contribution in [0, 0.1) is 24.0 Å². The molecule has 0 aliphatic carbocycles. The van der Waals surface area contributed by atoms with Crippen molar-refractivity contribution in [1.82, 2.24) is 15.1 Å². The lowest BCUT2D eigenvalue weighted by Crippen LogP contribution is -2.28. The molecule has 7 heteroatoms. The van der Waals surface area contributed by atoms with E-state index in [9.17, 15) is 18.4 Å². The van der Waals surface area contributed by atoms with E-state index in [0.717, 1.165) is 16.8 Å². The number of halogens is 2. The van der Waals surface area contributed by atoms with Crippen molar-refractivity contribution in [1.29, 1.82) is 0 Å². The molecule has 0 aliphatic rings. The van der Waals surface area contributed by atoms with E-state index in [-0.39, 0.29) is 24.2 Å². The Hall–Kier alpha value is -3.53. The van der Waals surface area contributed by atoms with Crippen molar-refractivity contribution in [3.8, 4) is 12.3 Å². The fraction of sp³-hybridized carbons (Fsp3) is 0.105. The number of carbonyl (C=O) groups excluding carboxylic acids is 1. The number of hydrogen-bond donors (Lipinski definition) is 1. The minimum Gasteiger partial charge on any atom is -0.346 e. The fourth-order valence-corrected chi connectivity index (χ4v) is 2.56. The van der Waals surface area contributed by atoms with Gasteiger partial charge in [-0.25, -0.2) is 13.5 Å². The van der Waals surface area contributed by atoms with Crippen LogP contribution in [0.3, 0.4) is 0 Å². The zero-order valence-electron chi connectivity index (χ0n) is 13.5. The first-order chi connectivity index (χ1) is 12.5. The van der Waals surface area contributed by atoms with Gasteiger partial charge < -0.3 is 5.32 Å². The van der Waals surface area contributed by atoms with E-state index in [1.807, 2.05) is 0 Å². The molecule has 1 amide bonds. The van der Waals surface area contributed by atoms with Gasteiger partial charge in [0.15, 0.2) is 0 Å². The molecule has 0 bridgehead atoms. The molecule has 0 spiro atoms. The van der Waals surface area contributed by atoms with Gasteiger partial charge in [-0.2, -0.15) is 5.10 Å². The van der Waals surface area contributed by atoms with Crippen molar-refractivity contribution in [3.63, 3.8) is 0 Å². The van der Waals surface area contributed by atoms with E-state index < -0.39 is 17.5 Å². The minimum absolute atomic E-state index is 0.0167. The zero-order chi connectivity index (χ0) is 18.7. The molecular formula is C19H13F2N3O2. The second-order valence-corrected chi connectivity index (χ2v) is 5.47. The molecule has 0 unspecified atom stereocenters. The molecule has 1 N–H and O–H groups in total. The van der Waals surface area contributed by atoms with Crippen LogP contribution in [0.4, 0.5) is 8.78 Å². The monoisotopic (exact) mass is 353 g/mol. The number of carbonyl (C=O) groups is 1. The zero-order valence-corrected chi connectivity index (χ0v) is 13.5. The van der Waals surface area contributed by atoms with Gasteiger partial charge in [0.05, 0.1) is 23.2 Å². The van der Waals surface area contributed by atoms with Crippen LogP contribution in [0.1, 0.15) is 16.1 Å². The molecule has 0 saturated heterocycles. The van der Waals surface area contributed by atoms with Crippen LogP contribution in [-0.4, -0.2) is 15.7 Å². The van der Waals surface area contributed by atoms with Crippen LogP contribution in [0.15, 0.2) is 47.3 Å². The summed E-state index contributed by atoms with van der Waals surface area (Å²) in [5.41, 5.74) is -0.211. The van der Waals surface area contributed by atoms with Gasteiger partial charge in [-0.3, -0.25) is 9.59 Å². The summed E-state index contributed by atoms with van der Waals surface area (Å²) < 4.78 is 27.8. The van der Waals surface area contributed by atoms with Gasteiger partial charge in [-0.05, 0) is 18.2 Å². The molecule has 0 aliphatic heterocycles. The Labute approximate surface area is 147 Å². The van der Waals surface area contributed by atoms with Gasteiger partial charge in [-0.15, -0.1) is 6.42 Å². The summed E-state index contributed by atoms with van der Waals surface area (Å²) in [5, 5.41) is 7.68. The Kier molecular flexibility index (Phi) is 4.76. The summed E-state index contributed by atoms with van der Waals surface area (Å²) in [6.07, 6.45) is 5.26. The number of benzene rings is 2. The SMILES string of the molecule is C#CCn1nc(CNC(=O)c2ccc(F)cc2F)c2ccccc2c1=O. The predicted molar refractivity (Wildman–Crippen MR) is 92.4 cm³/mol. The molecule has 0 radical (unpaired) electrons. The van der Waals surface area contributed by atoms with E-state index in [4.69, 9.17) is 6.42 Å². The van der Waals surface area contributed by atoms with Crippen LogP contribution in [0.5, 0.6) is 0 Å². The third kappa shape index (κ3) is 3.30. The van der Waals surface area contributed by atoms with Crippen molar-refractivity contribution in [2.24, 2.45) is 0 Å². The third-order valence-electron chi connectivity index (χ3n) is 3.78. The van der Waals surface area contributed by atoms with Gasteiger partial charge in [-0.1, -0.05) is 24.1 Å². The highest BCUT2D eigenvalue weighted by atomic mass is 19.1. The molecule has 130 valence electrons. The maximum atomic E-state index is 13.7. The molecule has 1 heterocycles. The summed E-state index contributed by atoms with van der Waals surface area (Å²) in [7, 11) is 0. The first-order valence-electron chi connectivity index (χ1n) is 7.66. The lowest BCUT2D eigenvalue weighted by atomic mass is 10.1. The first kappa shape index (κ1) is 17.3. The van der Waals surface area contributed by atoms with Crippen LogP contribution in [0.25, 0.3) is 10.8 Å². The van der Waals surface area contributed by atoms with Gasteiger partial charge in [0.1, 0.15) is 18.2 Å². The Morgan fingerprint density at radius 3 is 2.62 bits per heavy atom. The minimum atomic E-state index is -0.961. The number of fused-ring (bicyclic) bond motifs is 1. The molecule has 5 nitrogen and oxygen atoms in total. The smallest absolute Gasteiger partial charge is 0.275 e. The average molecular weight is 353 g/mol. The number of amides is 1. The number of hydrogen-bond acceptors (Lipinski definition) is 3. The molecule has 0 fully saturated rings. The molecule has 0 saturated carbocycles. The highest BCUT2D eigenvalue weighted by Gasteiger charge is 2.14. The molecule has 1 aromatic heterocycles. The Morgan fingerprint density at radius 2 is 1.92 bits per heavy atom. The van der Waals surface area contributed by atoms with Crippen molar-refractivity contribution in [3.05, 3.63) is 75.7 Å². The summed E-state index contributed by atoms with van der Waals surface area (Å²) >= 11 is 0. The van der Waals surface area contributed by atoms with E-state index in [1.54, 1.807) is 24.3 Å². The van der Waals surface area contributed by atoms with Gasteiger partial charge in [0.25, 0.3) is 11.5 Å². The molecule has 3 rings (SSSR count). The maximum absolute atomic E-state index is 13.7. The third-order valence-corrected chi connectivity index (χ3v) is 3.78. The Morgan fingerprint density at radius 1 is 1.19 bits per heavy atom. The standard InChI is InChI=1S/C19H13F2N3O2/c1-2-9-24-19(26)14-6-4-3-5-13(14)17(23-24)11-22-18(25)15-8-7-12(20)10-16(15)21/h1,3-8,10H,9,11H2,(H,22,25). The van der Waals surface area contributed by atoms with Crippen LogP contribution >= 0.6 is 0 Å². The second-order valence-electron chi connectivity index (χ2n) is 5.47. The largest absolute Gasteiger partial charge is 0.346 e. The first-order valence-corrected chi connectivity index (χ1v) is 7.66. The second kappa shape index (κ2) is 7.15. The normalized spacial score (nSPS) is 10.5. The number of rotatable bonds is 4. The average Bonchev–Trinajstić information content (AvgIpc) is 2.63. The van der Waals surface area contributed by atoms with Crippen LogP contribution in [-0.2, 0) is 13.1 Å². The van der Waals surface area contributed by atoms with E-state index >= 15 is 0 Å². The maximum Gasteiger partial charge on any atom is 0.275 e. The predicted octanol–water partition coefficient (Wildman–Crippen LogP) is 2.24. The summed E-state index contributed by atoms with van der Waals surface area (Å²) in [4.78, 5) is 24.5. The summed E-state index contributed by atoms with van der Waals surface area (Å²) in [6, 6.07) is 9.47. The molecule has 26 heavy (non-hydrogen) atoms. The lowest BCUT2D eigenvalue weighted by molar-refractivity contribution is 0.0946. The highest BCUT2D eigenvalue weighted by molar-refractivity contribution is 5.94. The van der Waals surface area contributed by atoms with E-state index in [2.05, 4.69) is 16.3 Å². The lowest BCUT2D eigenvalue weighted by Gasteiger charge is -2.11. The Bertz CT molecular complexity index is 1100. The van der Waals surface area contributed by atoms with Crippen LogP contribution in [0.2, 0.25) is 0 Å². The Balaban J connectivity index is 1.93. The van der Waals surface area contributed by atoms with Crippen LogP contribution < -0.4 is 10.9 Å². The van der Waals surface area contributed by atoms with Crippen molar-refractivity contribution < 1.29 is 13.6 Å². The van der Waals surface area contributed by atoms with Crippen molar-refractivity contribution in [2.75, 3.05) is 0 Å². The quantitative estimate of drug-likeness (QED) is 0.732. The highest BCUT2D eigenvalue weighted by Crippen LogP contribution is 2.14. The molecule has 3 aromatic rings. The number of aromatic nitrogens is 2. The van der Waals surface area contributed by atoms with Gasteiger partial charge in [0, 0.05) is 11.5 Å². The fourth-order valence-electron chi connectivity index (χ4n) is 2.56. The topological polar surface area (TPSA) is 64.0 Å². The number of nitrogens with zero attached hydrogens (tertiary/aromatic N) is 2. The van der Waals surface area contributed by atoms with E-state index in [1.165, 1.54) is 0 Å². The summed E-state index contributed by atoms with van der Waals surface area (Å²) in [5.74, 6) is -0.102. The molecular weight excluding hydrogens is 340 g/mol.